The molecule has 0 spiro atoms. The molecule has 3 aromatic carbocycles. The van der Waals surface area contributed by atoms with E-state index < -0.39 is 0 Å². The molecule has 2 aliphatic rings. The summed E-state index contributed by atoms with van der Waals surface area (Å²) in [5, 5.41) is 19.2. The first-order valence-corrected chi connectivity index (χ1v) is 17.9. The second-order valence-electron chi connectivity index (χ2n) is 13.5. The van der Waals surface area contributed by atoms with Gasteiger partial charge in [-0.05, 0) is 73.7 Å². The molecule has 0 bridgehead atoms. The molecule has 0 saturated carbocycles. The number of aromatic nitrogens is 2. The molecule has 0 aliphatic carbocycles. The lowest BCUT2D eigenvalue weighted by atomic mass is 10.0. The summed E-state index contributed by atoms with van der Waals surface area (Å²) in [7, 11) is 3.54. The van der Waals surface area contributed by atoms with Crippen LogP contribution in [0.15, 0.2) is 96.2 Å². The summed E-state index contributed by atoms with van der Waals surface area (Å²) in [6.45, 7) is 0.822. The number of nitrogens with zero attached hydrogens (tertiary/aromatic N) is 4. The quantitative estimate of drug-likeness (QED) is 0.110. The van der Waals surface area contributed by atoms with Crippen LogP contribution in [-0.4, -0.2) is 68.2 Å². The third-order valence-electron chi connectivity index (χ3n) is 9.58. The van der Waals surface area contributed by atoms with Crippen LogP contribution in [-0.2, 0) is 18.9 Å². The Morgan fingerprint density at radius 2 is 1.52 bits per heavy atom. The molecule has 0 unspecified atom stereocenters. The van der Waals surface area contributed by atoms with Gasteiger partial charge in [0, 0.05) is 68.7 Å². The standard InChI is InChI=1S/C41H41N7O6/c1-46-24-27(19-34(46)39(51)44-28-9-4-3-5-10-28)26-13-15-29(16-14-26)45-40(52)35-20-30(25-47(35)2)43-38(50)12-8-18-54-37-22-33-32(21-36(37)49)41(53)48-17-7-6-11-31(48)23-42-33/h3-5,9-10,13-16,19-25,31,49H,6-8,11-12,17-18H2,1-2H3,(H,43,50)(H,44,51)(H,45,52)/t31-/m0/s1. The fourth-order valence-corrected chi connectivity index (χ4v) is 6.74. The predicted octanol–water partition coefficient (Wildman–Crippen LogP) is 6.75. The Kier molecular flexibility index (Phi) is 10.3. The van der Waals surface area contributed by atoms with Gasteiger partial charge in [0.15, 0.2) is 11.5 Å². The van der Waals surface area contributed by atoms with Gasteiger partial charge in [0.25, 0.3) is 17.7 Å². The highest BCUT2D eigenvalue weighted by atomic mass is 16.5. The zero-order valence-electron chi connectivity index (χ0n) is 30.0. The molecule has 5 aromatic rings. The maximum atomic E-state index is 13.2. The average Bonchev–Trinajstić information content (AvgIpc) is 3.71. The van der Waals surface area contributed by atoms with Gasteiger partial charge in [-0.15, -0.1) is 0 Å². The summed E-state index contributed by atoms with van der Waals surface area (Å²) in [6, 6.07) is 22.9. The van der Waals surface area contributed by atoms with Crippen molar-refractivity contribution in [3.63, 3.8) is 0 Å². The summed E-state index contributed by atoms with van der Waals surface area (Å²) in [5.41, 5.74) is 5.18. The number of benzene rings is 3. The molecule has 0 radical (unpaired) electrons. The van der Waals surface area contributed by atoms with Crippen LogP contribution in [0, 0.1) is 0 Å². The molecule has 1 saturated heterocycles. The Labute approximate surface area is 312 Å². The molecule has 1 atom stereocenters. The number of rotatable bonds is 11. The number of anilines is 3. The van der Waals surface area contributed by atoms with Crippen LogP contribution in [0.25, 0.3) is 11.1 Å². The fourth-order valence-electron chi connectivity index (χ4n) is 6.74. The second-order valence-corrected chi connectivity index (χ2v) is 13.5. The summed E-state index contributed by atoms with van der Waals surface area (Å²) in [4.78, 5) is 58.2. The highest BCUT2D eigenvalue weighted by Gasteiger charge is 2.31. The van der Waals surface area contributed by atoms with Crippen molar-refractivity contribution < 1.29 is 29.0 Å². The second kappa shape index (κ2) is 15.5. The SMILES string of the molecule is Cn1cc(NC(=O)CCCOc2cc3c(cc2O)C(=O)N2CCCC[C@H]2C=N3)cc1C(=O)Nc1ccc(-c2cc(C(=O)Nc3ccccc3)n(C)c2)cc1. The van der Waals surface area contributed by atoms with Gasteiger partial charge < -0.3 is 39.8 Å². The first-order valence-electron chi connectivity index (χ1n) is 17.9. The molecular weight excluding hydrogens is 686 g/mol. The number of aliphatic imine (C=N–C) groups is 1. The zero-order valence-corrected chi connectivity index (χ0v) is 30.0. The number of ether oxygens (including phenoxy) is 1. The van der Waals surface area contributed by atoms with Crippen molar-refractivity contribution >= 4 is 52.6 Å². The van der Waals surface area contributed by atoms with Gasteiger partial charge in [0.1, 0.15) is 11.4 Å². The first kappa shape index (κ1) is 35.8. The minimum absolute atomic E-state index is 0.0457. The minimum Gasteiger partial charge on any atom is -0.504 e. The average molecular weight is 728 g/mol. The van der Waals surface area contributed by atoms with Crippen LogP contribution in [0.4, 0.5) is 22.7 Å². The van der Waals surface area contributed by atoms with Crippen molar-refractivity contribution in [1.82, 2.24) is 14.0 Å². The van der Waals surface area contributed by atoms with Crippen LogP contribution >= 0.6 is 0 Å². The third kappa shape index (κ3) is 7.89. The van der Waals surface area contributed by atoms with E-state index in [0.29, 0.717) is 52.7 Å². The molecule has 13 nitrogen and oxygen atoms in total. The lowest BCUT2D eigenvalue weighted by Crippen LogP contribution is -2.43. The number of fused-ring (bicyclic) bond motifs is 2. The molecule has 54 heavy (non-hydrogen) atoms. The predicted molar refractivity (Wildman–Crippen MR) is 207 cm³/mol. The number of aromatic hydroxyl groups is 1. The molecule has 4 N–H and O–H groups in total. The monoisotopic (exact) mass is 727 g/mol. The summed E-state index contributed by atoms with van der Waals surface area (Å²) in [5.74, 6) is -0.918. The first-order chi connectivity index (χ1) is 26.1. The zero-order chi connectivity index (χ0) is 37.8. The van der Waals surface area contributed by atoms with E-state index in [0.717, 1.165) is 30.4 Å². The number of para-hydroxylation sites is 1. The molecule has 2 aromatic heterocycles. The van der Waals surface area contributed by atoms with Crippen molar-refractivity contribution in [3.05, 3.63) is 108 Å². The van der Waals surface area contributed by atoms with E-state index in [1.807, 2.05) is 61.8 Å². The number of piperidine rings is 1. The lowest BCUT2D eigenvalue weighted by Gasteiger charge is -2.32. The summed E-state index contributed by atoms with van der Waals surface area (Å²) >= 11 is 0. The number of phenols is 1. The number of hydrogen-bond donors (Lipinski definition) is 4. The van der Waals surface area contributed by atoms with Gasteiger partial charge in [-0.2, -0.15) is 0 Å². The van der Waals surface area contributed by atoms with Gasteiger partial charge in [-0.3, -0.25) is 24.2 Å². The van der Waals surface area contributed by atoms with Crippen molar-refractivity contribution in [1.29, 1.82) is 0 Å². The Hall–Kier alpha value is -6.63. The molecule has 1 fully saturated rings. The summed E-state index contributed by atoms with van der Waals surface area (Å²) < 4.78 is 9.18. The minimum atomic E-state index is -0.346. The molecule has 7 rings (SSSR count). The molecular formula is C41H41N7O6. The van der Waals surface area contributed by atoms with Crippen LogP contribution in [0.3, 0.4) is 0 Å². The lowest BCUT2D eigenvalue weighted by molar-refractivity contribution is -0.116. The van der Waals surface area contributed by atoms with E-state index in [2.05, 4.69) is 20.9 Å². The number of carbonyl (C=O) groups is 4. The van der Waals surface area contributed by atoms with E-state index in [1.54, 1.807) is 57.8 Å². The topological polar surface area (TPSA) is 159 Å². The number of carbonyl (C=O) groups excluding carboxylic acids is 4. The normalized spacial score (nSPS) is 14.8. The maximum absolute atomic E-state index is 13.2. The Balaban J connectivity index is 0.892. The number of phenolic OH excluding ortho intramolecular Hbond substituents is 1. The van der Waals surface area contributed by atoms with Gasteiger partial charge in [-0.1, -0.05) is 30.3 Å². The van der Waals surface area contributed by atoms with Crippen LogP contribution in [0.2, 0.25) is 0 Å². The third-order valence-corrected chi connectivity index (χ3v) is 9.58. The van der Waals surface area contributed by atoms with E-state index in [9.17, 15) is 24.3 Å². The van der Waals surface area contributed by atoms with Crippen molar-refractivity contribution in [2.75, 3.05) is 29.1 Å². The van der Waals surface area contributed by atoms with Gasteiger partial charge >= 0.3 is 0 Å². The Bertz CT molecular complexity index is 2240. The van der Waals surface area contributed by atoms with E-state index >= 15 is 0 Å². The smallest absolute Gasteiger partial charge is 0.272 e. The molecule has 276 valence electrons. The number of hydrogen-bond acceptors (Lipinski definition) is 7. The van der Waals surface area contributed by atoms with Gasteiger partial charge in [-0.25, -0.2) is 0 Å². The van der Waals surface area contributed by atoms with Gasteiger partial charge in [0.2, 0.25) is 5.91 Å². The highest BCUT2D eigenvalue weighted by molar-refractivity contribution is 6.06. The van der Waals surface area contributed by atoms with E-state index in [1.165, 1.54) is 6.07 Å². The van der Waals surface area contributed by atoms with Gasteiger partial charge in [0.05, 0.1) is 29.6 Å². The molecule has 13 heteroatoms. The Morgan fingerprint density at radius 1 is 0.815 bits per heavy atom. The summed E-state index contributed by atoms with van der Waals surface area (Å²) in [6.07, 6.45) is 8.69. The molecule has 4 heterocycles. The van der Waals surface area contributed by atoms with Crippen LogP contribution < -0.4 is 20.7 Å². The molecule has 2 aliphatic heterocycles. The number of nitrogens with one attached hydrogen (secondary N) is 3. The van der Waals surface area contributed by atoms with E-state index in [4.69, 9.17) is 4.74 Å². The Morgan fingerprint density at radius 3 is 2.28 bits per heavy atom. The van der Waals surface area contributed by atoms with Crippen LogP contribution in [0.5, 0.6) is 11.5 Å². The maximum Gasteiger partial charge on any atom is 0.272 e. The van der Waals surface area contributed by atoms with Crippen molar-refractivity contribution in [2.24, 2.45) is 19.1 Å². The van der Waals surface area contributed by atoms with Crippen molar-refractivity contribution in [2.45, 2.75) is 38.1 Å². The fraction of sp³-hybridized carbons (Fsp3) is 0.244. The highest BCUT2D eigenvalue weighted by Crippen LogP contribution is 2.37. The number of amides is 4. The van der Waals surface area contributed by atoms with E-state index in [-0.39, 0.29) is 54.2 Å². The largest absolute Gasteiger partial charge is 0.504 e. The number of aryl methyl sites for hydroxylation is 2. The van der Waals surface area contributed by atoms with Crippen molar-refractivity contribution in [3.8, 4) is 22.6 Å². The molecule has 4 amide bonds. The van der Waals surface area contributed by atoms with Crippen LogP contribution in [0.1, 0.15) is 63.4 Å².